The third-order valence-corrected chi connectivity index (χ3v) is 4.82. The molecule has 0 spiro atoms. The van der Waals surface area contributed by atoms with Crippen molar-refractivity contribution in [2.45, 2.75) is 13.8 Å². The molecule has 0 aliphatic carbocycles. The number of carbonyl (C=O) groups is 1. The average Bonchev–Trinajstić information content (AvgIpc) is 2.81. The summed E-state index contributed by atoms with van der Waals surface area (Å²) in [5.74, 6) is -0.156. The highest BCUT2D eigenvalue weighted by Gasteiger charge is 2.17. The van der Waals surface area contributed by atoms with E-state index < -0.39 is 0 Å². The zero-order chi connectivity index (χ0) is 15.0. The molecule has 1 amide bonds. The Hall–Kier alpha value is -2.33. The lowest BCUT2D eigenvalue weighted by Crippen LogP contribution is -2.11. The molecule has 3 aromatic rings. The van der Waals surface area contributed by atoms with Gasteiger partial charge in [0.2, 0.25) is 0 Å². The number of rotatable bonds is 2. The fourth-order valence-corrected chi connectivity index (χ4v) is 3.36. The fraction of sp³-hybridized carbons (Fsp3) is 0.118. The van der Waals surface area contributed by atoms with Crippen molar-refractivity contribution in [1.82, 2.24) is 0 Å². The number of nitrogen functional groups attached to an aromatic ring is 1. The number of nitrogens with two attached hydrogens (primary N) is 1. The number of carbonyl (C=O) groups excluding carboxylic acids is 1. The maximum absolute atomic E-state index is 12.4. The number of amides is 1. The molecule has 0 saturated carbocycles. The van der Waals surface area contributed by atoms with Crippen molar-refractivity contribution < 1.29 is 4.79 Å². The molecule has 3 N–H and O–H groups in total. The van der Waals surface area contributed by atoms with Gasteiger partial charge in [-0.05, 0) is 31.5 Å². The van der Waals surface area contributed by atoms with Gasteiger partial charge in [0.05, 0.1) is 5.69 Å². The van der Waals surface area contributed by atoms with Crippen LogP contribution in [0.4, 0.5) is 11.4 Å². The number of fused-ring (bicyclic) bond motifs is 1. The predicted octanol–water partition coefficient (Wildman–Crippen LogP) is 4.35. The highest BCUT2D eigenvalue weighted by Crippen LogP contribution is 2.35. The van der Waals surface area contributed by atoms with Crippen LogP contribution in [0.1, 0.15) is 20.8 Å². The quantitative estimate of drug-likeness (QED) is 0.738. The molecule has 0 atom stereocenters. The van der Waals surface area contributed by atoms with Crippen LogP contribution in [0, 0.1) is 13.8 Å². The molecule has 0 bridgehead atoms. The van der Waals surface area contributed by atoms with Gasteiger partial charge >= 0.3 is 0 Å². The Labute approximate surface area is 127 Å². The summed E-state index contributed by atoms with van der Waals surface area (Å²) < 4.78 is 1.07. The summed E-state index contributed by atoms with van der Waals surface area (Å²) in [5, 5.41) is 3.85. The largest absolute Gasteiger partial charge is 0.397 e. The molecule has 0 aliphatic rings. The minimum absolute atomic E-state index is 0.156. The van der Waals surface area contributed by atoms with Gasteiger partial charge in [-0.15, -0.1) is 11.3 Å². The Morgan fingerprint density at radius 3 is 2.48 bits per heavy atom. The highest BCUT2D eigenvalue weighted by atomic mass is 32.1. The van der Waals surface area contributed by atoms with Gasteiger partial charge in [0, 0.05) is 15.8 Å². The first-order chi connectivity index (χ1) is 10.1. The summed E-state index contributed by atoms with van der Waals surface area (Å²) in [6, 6.07) is 13.7. The molecule has 0 radical (unpaired) electrons. The first kappa shape index (κ1) is 13.6. The standard InChI is InChI=1S/C17H16N2OS/c1-10-6-8-12(9-7-10)19-17(20)16-14(18)13-5-3-4-11(2)15(13)21-16/h3-9H,18H2,1-2H3,(H,19,20). The molecule has 1 heterocycles. The van der Waals surface area contributed by atoms with Crippen LogP contribution in [0.25, 0.3) is 10.1 Å². The van der Waals surface area contributed by atoms with E-state index in [2.05, 4.69) is 5.32 Å². The molecular weight excluding hydrogens is 280 g/mol. The van der Waals surface area contributed by atoms with Crippen molar-refractivity contribution in [3.63, 3.8) is 0 Å². The van der Waals surface area contributed by atoms with E-state index in [9.17, 15) is 4.79 Å². The van der Waals surface area contributed by atoms with Crippen LogP contribution in [0.5, 0.6) is 0 Å². The van der Waals surface area contributed by atoms with E-state index in [0.29, 0.717) is 10.6 Å². The molecule has 0 aliphatic heterocycles. The van der Waals surface area contributed by atoms with Gasteiger partial charge in [0.1, 0.15) is 4.88 Å². The van der Waals surface area contributed by atoms with Crippen LogP contribution in [0.15, 0.2) is 42.5 Å². The van der Waals surface area contributed by atoms with Crippen LogP contribution < -0.4 is 11.1 Å². The Morgan fingerprint density at radius 2 is 1.81 bits per heavy atom. The van der Waals surface area contributed by atoms with Gasteiger partial charge in [-0.1, -0.05) is 35.9 Å². The van der Waals surface area contributed by atoms with E-state index >= 15 is 0 Å². The number of anilines is 2. The molecule has 0 saturated heterocycles. The highest BCUT2D eigenvalue weighted by molar-refractivity contribution is 7.21. The van der Waals surface area contributed by atoms with Crippen LogP contribution in [0.2, 0.25) is 0 Å². The number of hydrogen-bond acceptors (Lipinski definition) is 3. The molecular formula is C17H16N2OS. The molecule has 4 heteroatoms. The summed E-state index contributed by atoms with van der Waals surface area (Å²) in [6.07, 6.45) is 0. The van der Waals surface area contributed by atoms with E-state index in [1.807, 2.05) is 56.3 Å². The van der Waals surface area contributed by atoms with Crippen molar-refractivity contribution in [2.75, 3.05) is 11.1 Å². The van der Waals surface area contributed by atoms with Gasteiger partial charge in [-0.25, -0.2) is 0 Å². The van der Waals surface area contributed by atoms with Crippen molar-refractivity contribution >= 4 is 38.7 Å². The molecule has 0 fully saturated rings. The van der Waals surface area contributed by atoms with Crippen LogP contribution in [0.3, 0.4) is 0 Å². The molecule has 2 aromatic carbocycles. The van der Waals surface area contributed by atoms with E-state index in [1.54, 1.807) is 0 Å². The van der Waals surface area contributed by atoms with Gasteiger partial charge in [-0.3, -0.25) is 4.79 Å². The topological polar surface area (TPSA) is 55.1 Å². The van der Waals surface area contributed by atoms with Gasteiger partial charge in [0.15, 0.2) is 0 Å². The van der Waals surface area contributed by atoms with Gasteiger partial charge in [0.25, 0.3) is 5.91 Å². The summed E-state index contributed by atoms with van der Waals surface area (Å²) in [7, 11) is 0. The van der Waals surface area contributed by atoms with Crippen LogP contribution in [-0.2, 0) is 0 Å². The average molecular weight is 296 g/mol. The lowest BCUT2D eigenvalue weighted by Gasteiger charge is -2.04. The zero-order valence-electron chi connectivity index (χ0n) is 11.9. The second-order valence-corrected chi connectivity index (χ2v) is 6.14. The van der Waals surface area contributed by atoms with Crippen LogP contribution >= 0.6 is 11.3 Å². The number of thiophene rings is 1. The third-order valence-electron chi connectivity index (χ3n) is 3.47. The molecule has 3 nitrogen and oxygen atoms in total. The predicted molar refractivity (Wildman–Crippen MR) is 90.1 cm³/mol. The van der Waals surface area contributed by atoms with Gasteiger partial charge < -0.3 is 11.1 Å². The number of aryl methyl sites for hydroxylation is 2. The fourth-order valence-electron chi connectivity index (χ4n) is 2.27. The number of nitrogens with one attached hydrogen (secondary N) is 1. The van der Waals surface area contributed by atoms with E-state index in [-0.39, 0.29) is 5.91 Å². The SMILES string of the molecule is Cc1ccc(NC(=O)c2sc3c(C)cccc3c2N)cc1. The molecule has 106 valence electrons. The Bertz CT molecular complexity index is 819. The monoisotopic (exact) mass is 296 g/mol. The number of benzene rings is 2. The van der Waals surface area contributed by atoms with Crippen molar-refractivity contribution in [3.05, 3.63) is 58.5 Å². The second kappa shape index (κ2) is 5.22. The lowest BCUT2D eigenvalue weighted by atomic mass is 10.1. The molecule has 21 heavy (non-hydrogen) atoms. The minimum atomic E-state index is -0.156. The summed E-state index contributed by atoms with van der Waals surface area (Å²) >= 11 is 1.44. The van der Waals surface area contributed by atoms with E-state index in [0.717, 1.165) is 26.9 Å². The van der Waals surface area contributed by atoms with Crippen LogP contribution in [-0.4, -0.2) is 5.91 Å². The third kappa shape index (κ3) is 2.50. The molecule has 1 aromatic heterocycles. The smallest absolute Gasteiger partial charge is 0.267 e. The van der Waals surface area contributed by atoms with E-state index in [4.69, 9.17) is 5.73 Å². The summed E-state index contributed by atoms with van der Waals surface area (Å²) in [6.45, 7) is 4.04. The Kier molecular flexibility index (Phi) is 3.39. The second-order valence-electron chi connectivity index (χ2n) is 5.12. The minimum Gasteiger partial charge on any atom is -0.397 e. The lowest BCUT2D eigenvalue weighted by molar-refractivity contribution is 0.103. The molecule has 0 unspecified atom stereocenters. The normalized spacial score (nSPS) is 10.8. The maximum Gasteiger partial charge on any atom is 0.267 e. The van der Waals surface area contributed by atoms with Gasteiger partial charge in [-0.2, -0.15) is 0 Å². The number of hydrogen-bond donors (Lipinski definition) is 2. The van der Waals surface area contributed by atoms with Crippen molar-refractivity contribution in [1.29, 1.82) is 0 Å². The first-order valence-electron chi connectivity index (χ1n) is 6.72. The summed E-state index contributed by atoms with van der Waals surface area (Å²) in [4.78, 5) is 13.0. The Morgan fingerprint density at radius 1 is 1.10 bits per heavy atom. The first-order valence-corrected chi connectivity index (χ1v) is 7.53. The zero-order valence-corrected chi connectivity index (χ0v) is 12.8. The van der Waals surface area contributed by atoms with Crippen molar-refractivity contribution in [3.8, 4) is 0 Å². The maximum atomic E-state index is 12.4. The Balaban J connectivity index is 1.96. The van der Waals surface area contributed by atoms with Crippen molar-refractivity contribution in [2.24, 2.45) is 0 Å². The van der Waals surface area contributed by atoms with E-state index in [1.165, 1.54) is 11.3 Å². The molecule has 3 rings (SSSR count). The summed E-state index contributed by atoms with van der Waals surface area (Å²) in [5.41, 5.74) is 9.77.